The number of hydrogen-bond donors (Lipinski definition) is 6. The Hall–Kier alpha value is -8.74. The highest BCUT2D eigenvalue weighted by Crippen LogP contribution is 2.41. The quantitative estimate of drug-likeness (QED) is 0.0294. The molecule has 5 aliphatic rings. The molecule has 0 bridgehead atoms. The van der Waals surface area contributed by atoms with Crippen LogP contribution < -0.4 is 16.0 Å². The number of aliphatic hydroxyl groups excluding tert-OH is 3. The van der Waals surface area contributed by atoms with Gasteiger partial charge in [0.15, 0.2) is 5.78 Å². The Kier molecular flexibility index (Phi) is 25.2. The zero-order valence-corrected chi connectivity index (χ0v) is 61.7. The predicted octanol–water partition coefficient (Wildman–Crippen LogP) is 9.03. The van der Waals surface area contributed by atoms with E-state index >= 15 is 0 Å². The van der Waals surface area contributed by atoms with E-state index in [0.717, 1.165) is 170 Å². The van der Waals surface area contributed by atoms with Gasteiger partial charge in [0.2, 0.25) is 29.7 Å². The van der Waals surface area contributed by atoms with E-state index in [4.69, 9.17) is 29.5 Å². The van der Waals surface area contributed by atoms with Gasteiger partial charge in [0.05, 0.1) is 98.4 Å². The second kappa shape index (κ2) is 34.9. The molecule has 4 saturated carbocycles. The van der Waals surface area contributed by atoms with Gasteiger partial charge in [0.25, 0.3) is 0 Å². The van der Waals surface area contributed by atoms with E-state index in [9.17, 15) is 29.7 Å². The molecular weight excluding hydrogens is 1320 g/mol. The molecule has 29 nitrogen and oxygen atoms in total. The first-order chi connectivity index (χ1) is 50.4. The Morgan fingerprint density at radius 1 is 0.481 bits per heavy atom. The second-order valence-corrected chi connectivity index (χ2v) is 29.7. The minimum absolute atomic E-state index is 0.0166. The highest BCUT2D eigenvalue weighted by molar-refractivity contribution is 5.84. The van der Waals surface area contributed by atoms with Gasteiger partial charge in [-0.3, -0.25) is 28.4 Å². The molecule has 104 heavy (non-hydrogen) atoms. The third-order valence-corrected chi connectivity index (χ3v) is 21.1. The van der Waals surface area contributed by atoms with Crippen molar-refractivity contribution in [3.05, 3.63) is 91.1 Å². The van der Waals surface area contributed by atoms with Crippen LogP contribution in [0.2, 0.25) is 0 Å². The molecule has 1 saturated heterocycles. The van der Waals surface area contributed by atoms with Crippen LogP contribution in [-0.4, -0.2) is 221 Å². The number of anilines is 3. The zero-order valence-electron chi connectivity index (χ0n) is 61.7. The van der Waals surface area contributed by atoms with Crippen molar-refractivity contribution in [2.75, 3.05) is 84.3 Å². The molecule has 5 fully saturated rings. The molecule has 0 radical (unpaired) electrons. The smallest absolute Gasteiger partial charge is 0.244 e. The first-order valence-corrected chi connectivity index (χ1v) is 37.4. The van der Waals surface area contributed by atoms with Crippen LogP contribution in [-0.2, 0) is 48.2 Å². The lowest BCUT2D eigenvalue weighted by Gasteiger charge is -2.25. The maximum atomic E-state index is 12.6. The molecule has 560 valence electrons. The van der Waals surface area contributed by atoms with Gasteiger partial charge >= 0.3 is 0 Å². The summed E-state index contributed by atoms with van der Waals surface area (Å²) in [6.45, 7) is 10.2. The number of ether oxygens (including phenoxy) is 3. The van der Waals surface area contributed by atoms with Crippen LogP contribution in [0.1, 0.15) is 178 Å². The molecule has 29 heteroatoms. The molecule has 14 rings (SSSR count). The summed E-state index contributed by atoms with van der Waals surface area (Å²) >= 11 is 0. The van der Waals surface area contributed by atoms with Crippen molar-refractivity contribution in [2.45, 2.75) is 217 Å². The van der Waals surface area contributed by atoms with E-state index < -0.39 is 0 Å². The molecule has 4 aliphatic carbocycles. The number of aliphatic hydroxyl groups is 3. The number of fused-ring (bicyclic) bond motifs is 3. The van der Waals surface area contributed by atoms with Gasteiger partial charge in [-0.1, -0.05) is 25.7 Å². The SMILES string of the molecule is COC[C@H](C)Nc1ncc2c(-c3cnn(CC(=O)CC4CCCC4)c3)cc(C3CCC(O)CC3)n2n1.COC[C@H](C)Nc1ncc2c(-c3cnn(CC(=O)N(C)C)c3)cc(C3CCC(O)CC3)n2n1.COC[C@H](C)Nc1ncc2c(-c3cnn(CC(=O)N4CCCC4)c3)cc(C3CCC(O)CC3)n2n1. The molecule has 9 aromatic rings. The Morgan fingerprint density at radius 2 is 0.827 bits per heavy atom. The number of methoxy groups -OCH3 is 3. The topological polar surface area (TPSA) is 326 Å². The van der Waals surface area contributed by atoms with Gasteiger partial charge in [-0.25, -0.2) is 28.5 Å². The number of ketones is 1. The Balaban J connectivity index is 0.000000147. The maximum Gasteiger partial charge on any atom is 0.244 e. The molecule has 10 heterocycles. The van der Waals surface area contributed by atoms with E-state index in [0.29, 0.717) is 74.3 Å². The van der Waals surface area contributed by atoms with Crippen molar-refractivity contribution in [1.29, 1.82) is 0 Å². The molecule has 3 atom stereocenters. The molecule has 0 aromatic carbocycles. The van der Waals surface area contributed by atoms with Crippen LogP contribution in [0.3, 0.4) is 0 Å². The van der Waals surface area contributed by atoms with Crippen LogP contribution in [0.4, 0.5) is 17.8 Å². The summed E-state index contributed by atoms with van der Waals surface area (Å²) in [5.74, 6) is 3.48. The summed E-state index contributed by atoms with van der Waals surface area (Å²) in [7, 11) is 8.49. The van der Waals surface area contributed by atoms with Gasteiger partial charge in [0, 0.05) is 160 Å². The van der Waals surface area contributed by atoms with Gasteiger partial charge in [-0.15, -0.1) is 15.3 Å². The van der Waals surface area contributed by atoms with Crippen molar-refractivity contribution in [3.8, 4) is 33.4 Å². The first-order valence-electron chi connectivity index (χ1n) is 37.4. The number of nitrogens with one attached hydrogen (secondary N) is 3. The molecule has 0 spiro atoms. The lowest BCUT2D eigenvalue weighted by molar-refractivity contribution is -0.131. The highest BCUT2D eigenvalue weighted by atomic mass is 16.5. The van der Waals surface area contributed by atoms with Crippen LogP contribution >= 0.6 is 0 Å². The molecule has 2 amide bonds. The number of hydrogen-bond acceptors (Lipinski definition) is 21. The third kappa shape index (κ3) is 18.7. The van der Waals surface area contributed by atoms with E-state index in [1.165, 1.54) is 25.7 Å². The molecular formula is C75H106N20O9. The van der Waals surface area contributed by atoms with Gasteiger partial charge in [0.1, 0.15) is 13.1 Å². The minimum Gasteiger partial charge on any atom is -0.393 e. The summed E-state index contributed by atoms with van der Waals surface area (Å²) in [5.41, 5.74) is 11.9. The van der Waals surface area contributed by atoms with Crippen LogP contribution in [0.5, 0.6) is 0 Å². The minimum atomic E-state index is -0.221. The molecule has 9 aromatic heterocycles. The first kappa shape index (κ1) is 75.0. The number of carbonyl (C=O) groups excluding carboxylic acids is 3. The fourth-order valence-corrected chi connectivity index (χ4v) is 15.5. The third-order valence-electron chi connectivity index (χ3n) is 21.1. The Bertz CT molecular complexity index is 4290. The van der Waals surface area contributed by atoms with Gasteiger partial charge in [-0.2, -0.15) is 15.3 Å². The van der Waals surface area contributed by atoms with Crippen molar-refractivity contribution in [3.63, 3.8) is 0 Å². The van der Waals surface area contributed by atoms with Crippen molar-refractivity contribution in [2.24, 2.45) is 5.92 Å². The van der Waals surface area contributed by atoms with Gasteiger partial charge in [-0.05, 0) is 135 Å². The number of likely N-dealkylation sites (N-methyl/N-ethyl adjacent to an activating group) is 1. The van der Waals surface area contributed by atoms with Crippen LogP contribution in [0, 0.1) is 5.92 Å². The predicted molar refractivity (Wildman–Crippen MR) is 395 cm³/mol. The van der Waals surface area contributed by atoms with E-state index in [1.807, 2.05) is 88.8 Å². The van der Waals surface area contributed by atoms with E-state index in [2.05, 4.69) is 64.4 Å². The van der Waals surface area contributed by atoms with E-state index in [1.54, 1.807) is 60.6 Å². The largest absolute Gasteiger partial charge is 0.393 e. The maximum absolute atomic E-state index is 12.6. The summed E-state index contributed by atoms with van der Waals surface area (Å²) in [4.78, 5) is 54.4. The van der Waals surface area contributed by atoms with Crippen LogP contribution in [0.25, 0.3) is 49.9 Å². The fraction of sp³-hybridized carbons (Fsp3) is 0.600. The molecule has 6 N–H and O–H groups in total. The summed E-state index contributed by atoms with van der Waals surface area (Å²) < 4.78 is 26.8. The number of Topliss-reactive ketones (excluding diaryl/α,β-unsaturated/α-hetero) is 1. The van der Waals surface area contributed by atoms with E-state index in [-0.39, 0.29) is 67.1 Å². The Morgan fingerprint density at radius 3 is 1.17 bits per heavy atom. The number of rotatable bonds is 26. The monoisotopic (exact) mass is 1430 g/mol. The van der Waals surface area contributed by atoms with Crippen molar-refractivity contribution < 1.29 is 43.9 Å². The number of aromatic nitrogens is 15. The fourth-order valence-electron chi connectivity index (χ4n) is 15.5. The standard InChI is InChI=1S/C27H38N6O3.C25H35N7O3.C23H33N7O3/c1-18(17-36-2)30-27-28-14-26-24(12-25(33(26)31-27)20-7-9-22(34)10-8-20)21-13-29-32(15-21)16-23(35)11-19-5-3-4-6-19;1-17(16-35-2)28-25-26-13-23-21(11-22(32(23)29-25)18-5-7-20(33)8-6-18)19-12-27-31(14-19)15-24(34)30-9-3-4-10-30;1-15(14-33-4)26-23-24-11-21-19(17-10-25-29(12-17)13-22(32)28(2)3)9-20(30(21)27-23)16-5-7-18(31)8-6-16/h12-15,18-20,22,34H,3-11,16-17H2,1-2H3,(H,30,31);11-14,17-18,20,33H,3-10,15-16H2,1-2H3,(H,28,29);9-12,15-16,18,31H,5-8,13-14H2,1-4H3,(H,26,27)/t18-,20?,22?;17-,18?,20?;15-,16?,18?/m000/s1. The Labute approximate surface area is 607 Å². The second-order valence-electron chi connectivity index (χ2n) is 29.7. The molecule has 0 unspecified atom stereocenters. The average molecular weight is 1430 g/mol. The molecule has 1 aliphatic heterocycles. The summed E-state index contributed by atoms with van der Waals surface area (Å²) in [6.07, 6.45) is 34.0. The lowest BCUT2D eigenvalue weighted by Crippen LogP contribution is -2.31. The van der Waals surface area contributed by atoms with Crippen LogP contribution in [0.15, 0.2) is 74.0 Å². The average Bonchev–Trinajstić information content (AvgIpc) is 1.62. The normalized spacial score (nSPS) is 21.0. The number of amides is 2. The summed E-state index contributed by atoms with van der Waals surface area (Å²) in [5, 5.41) is 67.8. The summed E-state index contributed by atoms with van der Waals surface area (Å²) in [6, 6.07) is 6.75. The zero-order chi connectivity index (χ0) is 73.0. The van der Waals surface area contributed by atoms with Gasteiger partial charge < -0.3 is 55.3 Å². The lowest BCUT2D eigenvalue weighted by atomic mass is 9.85. The van der Waals surface area contributed by atoms with Crippen molar-refractivity contribution >= 4 is 52.0 Å². The number of carbonyl (C=O) groups is 3. The number of nitrogens with zero attached hydrogens (tertiary/aromatic N) is 17. The highest BCUT2D eigenvalue weighted by Gasteiger charge is 2.31. The van der Waals surface area contributed by atoms with Crippen molar-refractivity contribution in [1.82, 2.24) is 82.9 Å². The number of likely N-dealkylation sites (tertiary alicyclic amines) is 1.